The normalized spacial score (nSPS) is 14.4. The van der Waals surface area contributed by atoms with E-state index in [0.29, 0.717) is 6.42 Å². The molecule has 0 aromatic heterocycles. The van der Waals surface area contributed by atoms with Crippen LogP contribution in [0.15, 0.2) is 0 Å². The Balaban J connectivity index is 5.11. The summed E-state index contributed by atoms with van der Waals surface area (Å²) in [6.07, 6.45) is 0.858. The SMILES string of the molecule is CCCC(=O)C(C(=O)OC(C)(C)C)[C@H](C)C(=O)OC. The lowest BCUT2D eigenvalue weighted by Gasteiger charge is -2.25. The van der Waals surface area contributed by atoms with E-state index in [9.17, 15) is 14.4 Å². The fourth-order valence-corrected chi connectivity index (χ4v) is 1.70. The lowest BCUT2D eigenvalue weighted by atomic mass is 9.88. The molecule has 19 heavy (non-hydrogen) atoms. The molecule has 0 rings (SSSR count). The summed E-state index contributed by atoms with van der Waals surface area (Å²) in [6.45, 7) is 8.50. The van der Waals surface area contributed by atoms with Crippen LogP contribution in [0.5, 0.6) is 0 Å². The molecule has 0 heterocycles. The lowest BCUT2D eigenvalue weighted by Crippen LogP contribution is -2.39. The topological polar surface area (TPSA) is 69.7 Å². The molecule has 0 aromatic rings. The number of hydrogen-bond acceptors (Lipinski definition) is 5. The van der Waals surface area contributed by atoms with Gasteiger partial charge in [-0.2, -0.15) is 0 Å². The number of carbonyl (C=O) groups excluding carboxylic acids is 3. The number of methoxy groups -OCH3 is 1. The Morgan fingerprint density at radius 2 is 1.63 bits per heavy atom. The molecule has 0 aliphatic carbocycles. The van der Waals surface area contributed by atoms with Gasteiger partial charge < -0.3 is 9.47 Å². The minimum absolute atomic E-state index is 0.241. The monoisotopic (exact) mass is 272 g/mol. The van der Waals surface area contributed by atoms with E-state index in [1.807, 2.05) is 6.92 Å². The molecule has 0 amide bonds. The van der Waals surface area contributed by atoms with Gasteiger partial charge in [0.15, 0.2) is 0 Å². The largest absolute Gasteiger partial charge is 0.469 e. The fraction of sp³-hybridized carbons (Fsp3) is 0.786. The molecule has 0 aliphatic heterocycles. The molecular formula is C14H24O5. The third-order valence-electron chi connectivity index (χ3n) is 2.58. The maximum Gasteiger partial charge on any atom is 0.317 e. The van der Waals surface area contributed by atoms with Crippen molar-refractivity contribution in [1.29, 1.82) is 0 Å². The first kappa shape index (κ1) is 17.6. The Morgan fingerprint density at radius 3 is 2.00 bits per heavy atom. The molecule has 0 spiro atoms. The van der Waals surface area contributed by atoms with Gasteiger partial charge in [0.25, 0.3) is 0 Å². The molecule has 110 valence electrons. The van der Waals surface area contributed by atoms with Crippen molar-refractivity contribution in [3.8, 4) is 0 Å². The van der Waals surface area contributed by atoms with Crippen LogP contribution >= 0.6 is 0 Å². The van der Waals surface area contributed by atoms with Gasteiger partial charge in [-0.15, -0.1) is 0 Å². The van der Waals surface area contributed by atoms with E-state index in [4.69, 9.17) is 4.74 Å². The molecule has 5 nitrogen and oxygen atoms in total. The minimum atomic E-state index is -1.09. The average molecular weight is 272 g/mol. The van der Waals surface area contributed by atoms with E-state index in [0.717, 1.165) is 0 Å². The summed E-state index contributed by atoms with van der Waals surface area (Å²) in [4.78, 5) is 35.7. The second-order valence-corrected chi connectivity index (χ2v) is 5.54. The quantitative estimate of drug-likeness (QED) is 0.547. The third-order valence-corrected chi connectivity index (χ3v) is 2.58. The summed E-state index contributed by atoms with van der Waals surface area (Å²) < 4.78 is 9.82. The maximum absolute atomic E-state index is 12.1. The van der Waals surface area contributed by atoms with Crippen molar-refractivity contribution in [3.63, 3.8) is 0 Å². The summed E-state index contributed by atoms with van der Waals surface area (Å²) in [5, 5.41) is 0. The molecular weight excluding hydrogens is 248 g/mol. The van der Waals surface area contributed by atoms with Gasteiger partial charge in [0, 0.05) is 6.42 Å². The van der Waals surface area contributed by atoms with Crippen molar-refractivity contribution in [3.05, 3.63) is 0 Å². The predicted octanol–water partition coefficient (Wildman–Crippen LogP) is 2.12. The van der Waals surface area contributed by atoms with Crippen LogP contribution in [0.1, 0.15) is 47.5 Å². The number of Topliss-reactive ketones (excluding diaryl/α,β-unsaturated/α-hetero) is 1. The zero-order chi connectivity index (χ0) is 15.2. The molecule has 0 saturated carbocycles. The van der Waals surface area contributed by atoms with Crippen molar-refractivity contribution in [2.24, 2.45) is 11.8 Å². The number of rotatable bonds is 6. The van der Waals surface area contributed by atoms with Crippen LogP contribution < -0.4 is 0 Å². The van der Waals surface area contributed by atoms with Crippen molar-refractivity contribution >= 4 is 17.7 Å². The van der Waals surface area contributed by atoms with Gasteiger partial charge in [-0.1, -0.05) is 13.8 Å². The second-order valence-electron chi connectivity index (χ2n) is 5.54. The Morgan fingerprint density at radius 1 is 1.11 bits per heavy atom. The number of ether oxygens (including phenoxy) is 2. The van der Waals surface area contributed by atoms with Crippen LogP contribution in [-0.4, -0.2) is 30.4 Å². The fourth-order valence-electron chi connectivity index (χ4n) is 1.70. The molecule has 0 saturated heterocycles. The average Bonchev–Trinajstić information content (AvgIpc) is 2.25. The highest BCUT2D eigenvalue weighted by molar-refractivity contribution is 6.02. The Kier molecular flexibility index (Phi) is 6.73. The van der Waals surface area contributed by atoms with E-state index >= 15 is 0 Å². The van der Waals surface area contributed by atoms with Crippen LogP contribution in [0.2, 0.25) is 0 Å². The van der Waals surface area contributed by atoms with Crippen LogP contribution in [0.25, 0.3) is 0 Å². The predicted molar refractivity (Wildman–Crippen MR) is 70.4 cm³/mol. The number of ketones is 1. The molecule has 0 radical (unpaired) electrons. The van der Waals surface area contributed by atoms with E-state index in [1.54, 1.807) is 20.8 Å². The summed E-state index contributed by atoms with van der Waals surface area (Å²) in [5.74, 6) is -3.45. The highest BCUT2D eigenvalue weighted by Gasteiger charge is 2.38. The van der Waals surface area contributed by atoms with E-state index in [1.165, 1.54) is 14.0 Å². The Hall–Kier alpha value is -1.39. The zero-order valence-electron chi connectivity index (χ0n) is 12.6. The van der Waals surface area contributed by atoms with Gasteiger partial charge in [0.05, 0.1) is 13.0 Å². The first-order chi connectivity index (χ1) is 8.64. The molecule has 0 fully saturated rings. The summed E-state index contributed by atoms with van der Waals surface area (Å²) in [6, 6.07) is 0. The van der Waals surface area contributed by atoms with Crippen LogP contribution in [0, 0.1) is 11.8 Å². The number of esters is 2. The van der Waals surface area contributed by atoms with E-state index < -0.39 is 29.4 Å². The minimum Gasteiger partial charge on any atom is -0.469 e. The van der Waals surface area contributed by atoms with E-state index in [-0.39, 0.29) is 12.2 Å². The van der Waals surface area contributed by atoms with Crippen LogP contribution in [0.3, 0.4) is 0 Å². The van der Waals surface area contributed by atoms with Gasteiger partial charge in [-0.3, -0.25) is 14.4 Å². The molecule has 0 N–H and O–H groups in total. The number of carbonyl (C=O) groups is 3. The smallest absolute Gasteiger partial charge is 0.317 e. The summed E-state index contributed by atoms with van der Waals surface area (Å²) in [5.41, 5.74) is -0.697. The second kappa shape index (κ2) is 7.26. The molecule has 2 atom stereocenters. The van der Waals surface area contributed by atoms with Crippen molar-refractivity contribution in [2.75, 3.05) is 7.11 Å². The first-order valence-corrected chi connectivity index (χ1v) is 6.47. The molecule has 0 aromatic carbocycles. The highest BCUT2D eigenvalue weighted by atomic mass is 16.6. The Bertz CT molecular complexity index is 340. The van der Waals surface area contributed by atoms with Crippen LogP contribution in [0.4, 0.5) is 0 Å². The Labute approximate surface area is 114 Å². The van der Waals surface area contributed by atoms with Gasteiger partial charge >= 0.3 is 11.9 Å². The van der Waals surface area contributed by atoms with Crippen molar-refractivity contribution in [1.82, 2.24) is 0 Å². The van der Waals surface area contributed by atoms with Gasteiger partial charge in [-0.25, -0.2) is 0 Å². The van der Waals surface area contributed by atoms with Crippen molar-refractivity contribution < 1.29 is 23.9 Å². The highest BCUT2D eigenvalue weighted by Crippen LogP contribution is 2.21. The summed E-state index contributed by atoms with van der Waals surface area (Å²) >= 11 is 0. The standard InChI is InChI=1S/C14H24O5/c1-7-8-10(15)11(9(2)12(16)18-6)13(17)19-14(3,4)5/h9,11H,7-8H2,1-6H3/t9-,11?/m0/s1. The molecule has 1 unspecified atom stereocenters. The maximum atomic E-state index is 12.1. The molecule has 5 heteroatoms. The third kappa shape index (κ3) is 5.85. The molecule has 0 bridgehead atoms. The van der Waals surface area contributed by atoms with Gasteiger partial charge in [0.2, 0.25) is 0 Å². The first-order valence-electron chi connectivity index (χ1n) is 6.47. The van der Waals surface area contributed by atoms with Crippen LogP contribution in [-0.2, 0) is 23.9 Å². The van der Waals surface area contributed by atoms with Crippen molar-refractivity contribution in [2.45, 2.75) is 53.1 Å². The lowest BCUT2D eigenvalue weighted by molar-refractivity contribution is -0.169. The number of hydrogen-bond donors (Lipinski definition) is 0. The van der Waals surface area contributed by atoms with Gasteiger partial charge in [-0.05, 0) is 27.2 Å². The van der Waals surface area contributed by atoms with E-state index in [2.05, 4.69) is 4.74 Å². The summed E-state index contributed by atoms with van der Waals surface area (Å²) in [7, 11) is 1.23. The molecule has 0 aliphatic rings. The van der Waals surface area contributed by atoms with Gasteiger partial charge in [0.1, 0.15) is 17.3 Å². The zero-order valence-corrected chi connectivity index (χ0v) is 12.6.